The normalized spacial score (nSPS) is 10.4. The van der Waals surface area contributed by atoms with E-state index in [1.165, 1.54) is 17.7 Å². The van der Waals surface area contributed by atoms with Gasteiger partial charge in [-0.2, -0.15) is 0 Å². The van der Waals surface area contributed by atoms with E-state index < -0.39 is 6.29 Å². The second-order valence-electron chi connectivity index (χ2n) is 5.10. The molecule has 1 radical (unpaired) electrons. The van der Waals surface area contributed by atoms with Crippen LogP contribution in [0.15, 0.2) is 89.8 Å². The van der Waals surface area contributed by atoms with Gasteiger partial charge in [0, 0.05) is 37.6 Å². The van der Waals surface area contributed by atoms with E-state index in [1.54, 1.807) is 12.1 Å². The van der Waals surface area contributed by atoms with Crippen LogP contribution in [-0.2, 0) is 32.7 Å². The summed E-state index contributed by atoms with van der Waals surface area (Å²) in [6.07, 6.45) is -3.50. The molecule has 0 aromatic heterocycles. The molecule has 0 N–H and O–H groups in total. The summed E-state index contributed by atoms with van der Waals surface area (Å²) in [7, 11) is 0. The number of para-hydroxylation sites is 2. The van der Waals surface area contributed by atoms with Gasteiger partial charge >= 0.3 is 6.29 Å². The molecule has 1 aliphatic heterocycles. The molecule has 0 aliphatic carbocycles. The van der Waals surface area contributed by atoms with Gasteiger partial charge in [0.05, 0.1) is 0 Å². The second-order valence-corrected chi connectivity index (χ2v) is 5.62. The van der Waals surface area contributed by atoms with E-state index >= 15 is 0 Å². The maximum atomic E-state index is 12.3. The van der Waals surface area contributed by atoms with Crippen LogP contribution in [0.3, 0.4) is 0 Å². The van der Waals surface area contributed by atoms with Gasteiger partial charge in [-0.25, -0.2) is 0 Å². The molecule has 3 aromatic carbocycles. The molecule has 4 rings (SSSR count). The van der Waals surface area contributed by atoms with Gasteiger partial charge < -0.3 is 16.9 Å². The molecule has 6 heteroatoms. The molecule has 2 nitrogen and oxygen atoms in total. The van der Waals surface area contributed by atoms with Gasteiger partial charge in [0.2, 0.25) is 0 Å². The zero-order chi connectivity index (χ0) is 24.1. The molecular formula is C27H39F2O2SY-. The predicted molar refractivity (Wildman–Crippen MR) is 138 cm³/mol. The van der Waals surface area contributed by atoms with Crippen LogP contribution in [0.1, 0.15) is 47.1 Å². The number of fused-ring (bicyclic) bond motifs is 1. The summed E-state index contributed by atoms with van der Waals surface area (Å²) in [5, 5.41) is 0. The number of hydrogen-bond acceptors (Lipinski definition) is 3. The first-order valence-electron chi connectivity index (χ1n) is 10.6. The largest absolute Gasteiger partial charge is 0.586 e. The Bertz CT molecular complexity index is 709. The van der Waals surface area contributed by atoms with Crippen LogP contribution in [0, 0.1) is 14.4 Å². The van der Waals surface area contributed by atoms with Crippen LogP contribution < -0.4 is 9.47 Å². The summed E-state index contributed by atoms with van der Waals surface area (Å²) in [6, 6.07) is 26.1. The summed E-state index contributed by atoms with van der Waals surface area (Å²) in [6.45, 7) is 14.1. The van der Waals surface area contributed by atoms with Crippen LogP contribution >= 0.6 is 12.6 Å². The van der Waals surface area contributed by atoms with Gasteiger partial charge in [-0.15, -0.1) is 21.4 Å². The summed E-state index contributed by atoms with van der Waals surface area (Å²) in [5.41, 5.74) is 1.32. The zero-order valence-electron chi connectivity index (χ0n) is 21.2. The van der Waals surface area contributed by atoms with Crippen molar-refractivity contribution in [3.8, 4) is 11.5 Å². The number of thiol groups is 1. The Morgan fingerprint density at radius 3 is 1.15 bits per heavy atom. The third kappa shape index (κ3) is 19.7. The smallest absolute Gasteiger partial charge is 0.395 e. The van der Waals surface area contributed by atoms with Crippen LogP contribution in [0.4, 0.5) is 8.78 Å². The monoisotopic (exact) mass is 554 g/mol. The Hall–Kier alpha value is -1.43. The van der Waals surface area contributed by atoms with Crippen molar-refractivity contribution >= 4 is 12.6 Å². The topological polar surface area (TPSA) is 18.5 Å². The van der Waals surface area contributed by atoms with Gasteiger partial charge in [-0.05, 0) is 31.2 Å². The molecule has 1 aliphatic rings. The van der Waals surface area contributed by atoms with Crippen molar-refractivity contribution < 1.29 is 51.0 Å². The van der Waals surface area contributed by atoms with Crippen molar-refractivity contribution in [3.05, 3.63) is 97.9 Å². The molecule has 0 atom stereocenters. The fourth-order valence-corrected chi connectivity index (χ4v) is 2.03. The standard InChI is InChI=1S/C7H4F2O2.C7H8.C6H6S.3C2H6.CH3.Y/c8-7(9)10-5-3-1-2-4-6(5)11-7;1-7-5-3-2-4-6-7;7-6-4-2-1-3-5-6;3*1-2;;/h1-4H;2-6H,1H3;1-5,7H;3*1-2H3;1H3;/q;;;;;;-1;. The number of aryl methyl sites for hydroxylation is 1. The van der Waals surface area contributed by atoms with E-state index in [1.807, 2.05) is 90.1 Å². The van der Waals surface area contributed by atoms with E-state index in [9.17, 15) is 8.78 Å². The Labute approximate surface area is 231 Å². The van der Waals surface area contributed by atoms with Crippen molar-refractivity contribution in [2.45, 2.75) is 59.7 Å². The summed E-state index contributed by atoms with van der Waals surface area (Å²) >= 11 is 4.08. The minimum Gasteiger partial charge on any atom is -0.395 e. The van der Waals surface area contributed by atoms with Crippen molar-refractivity contribution in [1.82, 2.24) is 0 Å². The van der Waals surface area contributed by atoms with Gasteiger partial charge in [0.15, 0.2) is 11.5 Å². The maximum Gasteiger partial charge on any atom is 0.586 e. The third-order valence-corrected chi connectivity index (χ3v) is 3.30. The SMILES string of the molecule is CC.CC.CC.Cc1ccccc1.FC1(F)Oc2ccccc2O1.Sc1ccccc1.[CH3-].[Y]. The summed E-state index contributed by atoms with van der Waals surface area (Å²) < 4.78 is 32.9. The molecule has 33 heavy (non-hydrogen) atoms. The van der Waals surface area contributed by atoms with Crippen LogP contribution in [0.25, 0.3) is 0 Å². The minimum absolute atomic E-state index is 0. The van der Waals surface area contributed by atoms with Gasteiger partial charge in [-0.1, -0.05) is 108 Å². The van der Waals surface area contributed by atoms with E-state index in [-0.39, 0.29) is 51.6 Å². The fourth-order valence-electron chi connectivity index (χ4n) is 1.86. The minimum atomic E-state index is -3.50. The molecule has 0 fully saturated rings. The van der Waals surface area contributed by atoms with E-state index in [2.05, 4.69) is 41.2 Å². The molecule has 0 bridgehead atoms. The molecule has 0 saturated carbocycles. The van der Waals surface area contributed by atoms with Crippen molar-refractivity contribution in [3.63, 3.8) is 0 Å². The van der Waals surface area contributed by atoms with Crippen LogP contribution in [0.5, 0.6) is 11.5 Å². The van der Waals surface area contributed by atoms with Gasteiger partial charge in [0.25, 0.3) is 0 Å². The number of ether oxygens (including phenoxy) is 2. The van der Waals surface area contributed by atoms with Gasteiger partial charge in [-0.3, -0.25) is 0 Å². The van der Waals surface area contributed by atoms with Crippen molar-refractivity contribution in [2.24, 2.45) is 0 Å². The number of halogens is 2. The van der Waals surface area contributed by atoms with E-state index in [0.717, 1.165) is 4.90 Å². The van der Waals surface area contributed by atoms with E-state index in [4.69, 9.17) is 0 Å². The Balaban J connectivity index is -0.000000171. The first-order chi connectivity index (χ1) is 15.0. The molecule has 1 heterocycles. The predicted octanol–water partition coefficient (Wildman–Crippen LogP) is 9.50. The quantitative estimate of drug-likeness (QED) is 0.220. The van der Waals surface area contributed by atoms with Crippen LogP contribution in [0.2, 0.25) is 0 Å². The third-order valence-electron chi connectivity index (χ3n) is 3.00. The Kier molecular flexibility index (Phi) is 29.6. The molecule has 0 saturated heterocycles. The first-order valence-corrected chi connectivity index (χ1v) is 11.0. The molecule has 183 valence electrons. The van der Waals surface area contributed by atoms with Crippen molar-refractivity contribution in [1.29, 1.82) is 0 Å². The second kappa shape index (κ2) is 25.2. The van der Waals surface area contributed by atoms with Crippen LogP contribution in [-0.4, -0.2) is 6.29 Å². The molecular weight excluding hydrogens is 515 g/mol. The first kappa shape index (κ1) is 38.8. The molecule has 0 unspecified atom stereocenters. The Morgan fingerprint density at radius 1 is 0.606 bits per heavy atom. The molecule has 3 aromatic rings. The number of benzene rings is 3. The fraction of sp³-hybridized carbons (Fsp3) is 0.296. The van der Waals surface area contributed by atoms with Gasteiger partial charge in [0.1, 0.15) is 0 Å². The van der Waals surface area contributed by atoms with Crippen molar-refractivity contribution in [2.75, 3.05) is 0 Å². The Morgan fingerprint density at radius 2 is 0.909 bits per heavy atom. The maximum absolute atomic E-state index is 12.3. The number of alkyl halides is 2. The zero-order valence-corrected chi connectivity index (χ0v) is 24.9. The molecule has 0 amide bonds. The summed E-state index contributed by atoms with van der Waals surface area (Å²) in [5.74, 6) is 0.162. The summed E-state index contributed by atoms with van der Waals surface area (Å²) in [4.78, 5) is 1.02. The average molecular weight is 555 g/mol. The molecule has 0 spiro atoms. The average Bonchev–Trinajstić information content (AvgIpc) is 3.13. The number of rotatable bonds is 0. The number of hydrogen-bond donors (Lipinski definition) is 1. The van der Waals surface area contributed by atoms with E-state index in [0.29, 0.717) is 0 Å².